The van der Waals surface area contributed by atoms with Crippen LogP contribution in [-0.2, 0) is 36.5 Å². The fourth-order valence-electron chi connectivity index (χ4n) is 5.27. The number of anilines is 1. The number of aromatic amines is 1. The SMILES string of the molecule is COCC(COCc1nn[nH]n1)(OC[C@H]1O[C@H](Cc2ccc3c(NC4CCCC4)nc(Cl)nn23)[C@H](O)[C@@H]1O)P(=O)(O)O. The Balaban J connectivity index is 1.27. The second-order valence-corrected chi connectivity index (χ2v) is 12.7. The van der Waals surface area contributed by atoms with E-state index < -0.39 is 57.2 Å². The van der Waals surface area contributed by atoms with Crippen molar-refractivity contribution in [3.05, 3.63) is 28.9 Å². The fourth-order valence-corrected chi connectivity index (χ4v) is 6.23. The van der Waals surface area contributed by atoms with E-state index in [1.54, 1.807) is 4.52 Å². The molecule has 42 heavy (non-hydrogen) atoms. The predicted molar refractivity (Wildman–Crippen MR) is 145 cm³/mol. The third-order valence-electron chi connectivity index (χ3n) is 7.50. The molecule has 2 aliphatic rings. The maximum absolute atomic E-state index is 12.5. The number of methoxy groups -OCH3 is 1. The Morgan fingerprint density at radius 3 is 2.67 bits per heavy atom. The molecule has 3 aromatic heterocycles. The second-order valence-electron chi connectivity index (χ2n) is 10.4. The van der Waals surface area contributed by atoms with Gasteiger partial charge in [-0.1, -0.05) is 18.1 Å². The summed E-state index contributed by atoms with van der Waals surface area (Å²) in [6.45, 7) is -1.81. The topological polar surface area (TPSA) is 232 Å². The van der Waals surface area contributed by atoms with E-state index in [4.69, 9.17) is 30.5 Å². The van der Waals surface area contributed by atoms with E-state index in [0.717, 1.165) is 25.7 Å². The van der Waals surface area contributed by atoms with Gasteiger partial charge < -0.3 is 44.3 Å². The highest BCUT2D eigenvalue weighted by Crippen LogP contribution is 2.52. The summed E-state index contributed by atoms with van der Waals surface area (Å²) >= 11 is 6.23. The molecule has 1 saturated heterocycles. The van der Waals surface area contributed by atoms with Gasteiger partial charge in [0.15, 0.2) is 11.6 Å². The van der Waals surface area contributed by atoms with Crippen molar-refractivity contribution in [1.29, 1.82) is 0 Å². The lowest BCUT2D eigenvalue weighted by Gasteiger charge is -2.34. The van der Waals surface area contributed by atoms with Crippen molar-refractivity contribution in [3.8, 4) is 0 Å². The van der Waals surface area contributed by atoms with Crippen LogP contribution in [0.2, 0.25) is 5.28 Å². The summed E-state index contributed by atoms with van der Waals surface area (Å²) in [7, 11) is -3.75. The molecule has 6 N–H and O–H groups in total. The zero-order chi connectivity index (χ0) is 29.9. The molecular weight excluding hydrogens is 599 g/mol. The second kappa shape index (κ2) is 13.1. The minimum atomic E-state index is -5.00. The fraction of sp³-hybridized carbons (Fsp3) is 0.696. The Hall–Kier alpha value is -2.31. The van der Waals surface area contributed by atoms with E-state index in [9.17, 15) is 24.6 Å². The number of aliphatic hydroxyl groups is 2. The van der Waals surface area contributed by atoms with Crippen molar-refractivity contribution in [2.24, 2.45) is 0 Å². The summed E-state index contributed by atoms with van der Waals surface area (Å²) in [5.41, 5.74) is 1.36. The van der Waals surface area contributed by atoms with Crippen LogP contribution in [0.3, 0.4) is 0 Å². The van der Waals surface area contributed by atoms with Crippen molar-refractivity contribution in [1.82, 2.24) is 35.2 Å². The Kier molecular flexibility index (Phi) is 9.73. The number of H-pyrrole nitrogens is 1. The van der Waals surface area contributed by atoms with E-state index in [0.29, 0.717) is 23.1 Å². The van der Waals surface area contributed by atoms with Crippen LogP contribution in [0.15, 0.2) is 12.1 Å². The monoisotopic (exact) mass is 632 g/mol. The van der Waals surface area contributed by atoms with Crippen LogP contribution in [0.4, 0.5) is 5.82 Å². The Bertz CT molecular complexity index is 1370. The third kappa shape index (κ3) is 6.75. The molecule has 1 unspecified atom stereocenters. The van der Waals surface area contributed by atoms with Crippen molar-refractivity contribution >= 4 is 30.5 Å². The smallest absolute Gasteiger partial charge is 0.361 e. The lowest BCUT2D eigenvalue weighted by molar-refractivity contribution is -0.129. The number of hydrogen-bond donors (Lipinski definition) is 6. The van der Waals surface area contributed by atoms with Crippen LogP contribution in [0.5, 0.6) is 0 Å². The summed E-state index contributed by atoms with van der Waals surface area (Å²) in [6.07, 6.45) is -0.187. The van der Waals surface area contributed by atoms with Gasteiger partial charge in [-0.15, -0.1) is 15.3 Å². The lowest BCUT2D eigenvalue weighted by atomic mass is 10.0. The molecule has 0 aromatic carbocycles. The number of rotatable bonds is 14. The summed E-state index contributed by atoms with van der Waals surface area (Å²) in [5, 5.41) is 40.2. The van der Waals surface area contributed by atoms with Crippen LogP contribution in [0.1, 0.15) is 37.2 Å². The van der Waals surface area contributed by atoms with Crippen molar-refractivity contribution in [3.63, 3.8) is 0 Å². The number of nitrogens with zero attached hydrogens (tertiary/aromatic N) is 6. The lowest BCUT2D eigenvalue weighted by Crippen LogP contribution is -2.45. The van der Waals surface area contributed by atoms with Crippen LogP contribution < -0.4 is 5.32 Å². The summed E-state index contributed by atoms with van der Waals surface area (Å²) < 4.78 is 36.2. The van der Waals surface area contributed by atoms with E-state index >= 15 is 0 Å². The number of halogens is 1. The normalized spacial score (nSPS) is 24.9. The number of aromatic nitrogens is 7. The predicted octanol–water partition coefficient (Wildman–Crippen LogP) is 0.0358. The summed E-state index contributed by atoms with van der Waals surface area (Å²) in [6, 6.07) is 3.96. The van der Waals surface area contributed by atoms with Crippen LogP contribution in [-0.4, -0.2) is 118 Å². The molecule has 1 aliphatic carbocycles. The molecule has 5 rings (SSSR count). The minimum absolute atomic E-state index is 0.0492. The zero-order valence-corrected chi connectivity index (χ0v) is 24.4. The van der Waals surface area contributed by atoms with Gasteiger partial charge in [0.25, 0.3) is 0 Å². The molecule has 0 bridgehead atoms. The first-order valence-corrected chi connectivity index (χ1v) is 15.4. The average Bonchev–Trinajstić information content (AvgIpc) is 3.75. The highest BCUT2D eigenvalue weighted by molar-refractivity contribution is 7.53. The summed E-state index contributed by atoms with van der Waals surface area (Å²) in [5.74, 6) is 0.777. The molecule has 17 nitrogen and oxygen atoms in total. The minimum Gasteiger partial charge on any atom is -0.388 e. The summed E-state index contributed by atoms with van der Waals surface area (Å²) in [4.78, 5) is 24.7. The molecule has 1 saturated carbocycles. The largest absolute Gasteiger partial charge is 0.388 e. The Morgan fingerprint density at radius 1 is 1.21 bits per heavy atom. The van der Waals surface area contributed by atoms with Crippen molar-refractivity contribution in [2.45, 2.75) is 74.5 Å². The van der Waals surface area contributed by atoms with Gasteiger partial charge in [0.2, 0.25) is 10.6 Å². The highest BCUT2D eigenvalue weighted by atomic mass is 35.5. The van der Waals surface area contributed by atoms with E-state index in [1.165, 1.54) is 7.11 Å². The Morgan fingerprint density at radius 2 is 1.98 bits per heavy atom. The van der Waals surface area contributed by atoms with Crippen molar-refractivity contribution < 1.29 is 43.5 Å². The molecule has 2 fully saturated rings. The molecular formula is C23H34ClN8O9P. The van der Waals surface area contributed by atoms with Gasteiger partial charge in [0, 0.05) is 25.3 Å². The molecule has 0 amide bonds. The van der Waals surface area contributed by atoms with E-state index in [2.05, 4.69) is 36.0 Å². The van der Waals surface area contributed by atoms with Crippen LogP contribution >= 0.6 is 19.2 Å². The Labute approximate surface area is 245 Å². The molecule has 5 atom stereocenters. The molecule has 4 heterocycles. The van der Waals surface area contributed by atoms with Gasteiger partial charge in [-0.05, 0) is 36.6 Å². The maximum Gasteiger partial charge on any atom is 0.361 e. The molecule has 19 heteroatoms. The average molecular weight is 633 g/mol. The highest BCUT2D eigenvalue weighted by Gasteiger charge is 2.51. The first-order valence-electron chi connectivity index (χ1n) is 13.4. The maximum atomic E-state index is 12.5. The van der Waals surface area contributed by atoms with Gasteiger partial charge >= 0.3 is 7.60 Å². The zero-order valence-electron chi connectivity index (χ0n) is 22.7. The molecule has 1 aliphatic heterocycles. The van der Waals surface area contributed by atoms with E-state index in [1.807, 2.05) is 12.1 Å². The number of tetrazole rings is 1. The number of fused-ring (bicyclic) bond motifs is 1. The van der Waals surface area contributed by atoms with Gasteiger partial charge in [-0.25, -0.2) is 4.52 Å². The van der Waals surface area contributed by atoms with Crippen LogP contribution in [0.25, 0.3) is 5.52 Å². The van der Waals surface area contributed by atoms with E-state index in [-0.39, 0.29) is 24.1 Å². The van der Waals surface area contributed by atoms with Crippen LogP contribution in [0, 0.1) is 0 Å². The van der Waals surface area contributed by atoms with Gasteiger partial charge in [0.1, 0.15) is 30.4 Å². The number of aliphatic hydroxyl groups excluding tert-OH is 2. The standard InChI is InChI=1S/C23H34ClN8O9P/c1-38-11-23(42(35,36)37,12-39-10-18-27-30-31-28-18)40-9-17-20(34)19(33)16(41-17)8-14-6-7-15-21(25-13-4-2-3-5-13)26-22(24)29-32(14)15/h6-7,13,16-17,19-20,33-34H,2-5,8-12H2,1H3,(H,25,26,29)(H2,35,36,37)(H,27,28,30,31)/t16-,17-,19+,20-,23?/m1/s1. The van der Waals surface area contributed by atoms with Gasteiger partial charge in [-0.3, -0.25) is 4.57 Å². The molecule has 232 valence electrons. The molecule has 0 spiro atoms. The first kappa shape index (κ1) is 31.1. The number of nitrogens with one attached hydrogen (secondary N) is 2. The van der Waals surface area contributed by atoms with Gasteiger partial charge in [-0.2, -0.15) is 10.2 Å². The number of ether oxygens (including phenoxy) is 4. The van der Waals surface area contributed by atoms with Gasteiger partial charge in [0.05, 0.1) is 25.9 Å². The molecule has 0 radical (unpaired) electrons. The molecule has 3 aromatic rings. The third-order valence-corrected chi connectivity index (χ3v) is 9.10. The first-order chi connectivity index (χ1) is 20.1. The number of hydrogen-bond acceptors (Lipinski definition) is 13. The van der Waals surface area contributed by atoms with Crippen molar-refractivity contribution in [2.75, 3.05) is 32.2 Å². The quantitative estimate of drug-likeness (QED) is 0.129.